The Balaban J connectivity index is 1.71. The highest BCUT2D eigenvalue weighted by molar-refractivity contribution is 5.73. The van der Waals surface area contributed by atoms with Crippen molar-refractivity contribution in [1.82, 2.24) is 4.90 Å². The number of benzene rings is 2. The van der Waals surface area contributed by atoms with E-state index in [0.29, 0.717) is 6.42 Å². The predicted octanol–water partition coefficient (Wildman–Crippen LogP) is 4.56. The van der Waals surface area contributed by atoms with E-state index in [0.717, 1.165) is 43.6 Å². The van der Waals surface area contributed by atoms with Gasteiger partial charge in [-0.1, -0.05) is 74.0 Å². The molecule has 0 N–H and O–H groups in total. The van der Waals surface area contributed by atoms with Crippen molar-refractivity contribution in [3.05, 3.63) is 71.8 Å². The molecule has 3 heteroatoms. The van der Waals surface area contributed by atoms with Gasteiger partial charge >= 0.3 is 5.97 Å². The largest absolute Gasteiger partial charge is 0.454 e. The number of carbonyl (C=O) groups excluding carboxylic acids is 1. The summed E-state index contributed by atoms with van der Waals surface area (Å²) >= 11 is 0. The standard InChI is InChI=1S/C23H29NO2/c1-2-3-16-24-17-14-23(15-18-24,21-12-8-5-9-13-21)26-22(25)19-20-10-6-4-7-11-20/h4-13H,2-3,14-19H2,1H3. The van der Waals surface area contributed by atoms with Crippen molar-refractivity contribution < 1.29 is 9.53 Å². The number of ether oxygens (including phenoxy) is 1. The van der Waals surface area contributed by atoms with Crippen LogP contribution in [0.5, 0.6) is 0 Å². The fourth-order valence-electron chi connectivity index (χ4n) is 3.73. The monoisotopic (exact) mass is 351 g/mol. The molecular weight excluding hydrogens is 322 g/mol. The molecule has 1 saturated heterocycles. The summed E-state index contributed by atoms with van der Waals surface area (Å²) in [5.41, 5.74) is 1.63. The molecular formula is C23H29NO2. The quantitative estimate of drug-likeness (QED) is 0.685. The summed E-state index contributed by atoms with van der Waals surface area (Å²) in [4.78, 5) is 15.2. The minimum atomic E-state index is -0.490. The highest BCUT2D eigenvalue weighted by Crippen LogP contribution is 2.37. The minimum Gasteiger partial charge on any atom is -0.454 e. The van der Waals surface area contributed by atoms with Crippen LogP contribution in [0, 0.1) is 0 Å². The second kappa shape index (κ2) is 9.00. The number of unbranched alkanes of at least 4 members (excludes halogenated alkanes) is 1. The van der Waals surface area contributed by atoms with E-state index in [4.69, 9.17) is 4.74 Å². The van der Waals surface area contributed by atoms with E-state index in [-0.39, 0.29) is 5.97 Å². The summed E-state index contributed by atoms with van der Waals surface area (Å²) in [5.74, 6) is -0.137. The van der Waals surface area contributed by atoms with Gasteiger partial charge in [0.15, 0.2) is 0 Å². The summed E-state index contributed by atoms with van der Waals surface area (Å²) in [7, 11) is 0. The van der Waals surface area contributed by atoms with Crippen molar-refractivity contribution in [3.8, 4) is 0 Å². The van der Waals surface area contributed by atoms with Crippen LogP contribution in [0.3, 0.4) is 0 Å². The Hall–Kier alpha value is -2.13. The van der Waals surface area contributed by atoms with Gasteiger partial charge in [0, 0.05) is 25.9 Å². The van der Waals surface area contributed by atoms with E-state index in [1.165, 1.54) is 12.8 Å². The Bertz CT molecular complexity index is 676. The number of carbonyl (C=O) groups is 1. The van der Waals surface area contributed by atoms with E-state index >= 15 is 0 Å². The van der Waals surface area contributed by atoms with Crippen molar-refractivity contribution in [2.45, 2.75) is 44.6 Å². The maximum atomic E-state index is 12.7. The van der Waals surface area contributed by atoms with E-state index < -0.39 is 5.60 Å². The summed E-state index contributed by atoms with van der Waals surface area (Å²) in [6, 6.07) is 20.1. The molecule has 3 rings (SSSR count). The average molecular weight is 351 g/mol. The fraction of sp³-hybridized carbons (Fsp3) is 0.435. The maximum absolute atomic E-state index is 12.7. The van der Waals surface area contributed by atoms with Crippen molar-refractivity contribution in [3.63, 3.8) is 0 Å². The van der Waals surface area contributed by atoms with Crippen LogP contribution in [-0.2, 0) is 21.6 Å². The van der Waals surface area contributed by atoms with Crippen molar-refractivity contribution in [2.75, 3.05) is 19.6 Å². The van der Waals surface area contributed by atoms with Gasteiger partial charge in [0.25, 0.3) is 0 Å². The topological polar surface area (TPSA) is 29.5 Å². The summed E-state index contributed by atoms with van der Waals surface area (Å²) in [6.07, 6.45) is 4.50. The minimum absolute atomic E-state index is 0.137. The first-order chi connectivity index (χ1) is 12.7. The lowest BCUT2D eigenvalue weighted by Gasteiger charge is -2.41. The Morgan fingerprint density at radius 2 is 1.62 bits per heavy atom. The number of nitrogens with zero attached hydrogens (tertiary/aromatic N) is 1. The molecule has 26 heavy (non-hydrogen) atoms. The molecule has 0 aromatic heterocycles. The van der Waals surface area contributed by atoms with Crippen LogP contribution >= 0.6 is 0 Å². The third kappa shape index (κ3) is 4.73. The zero-order valence-electron chi connectivity index (χ0n) is 15.7. The second-order valence-electron chi connectivity index (χ2n) is 7.19. The van der Waals surface area contributed by atoms with Gasteiger partial charge in [0.05, 0.1) is 6.42 Å². The van der Waals surface area contributed by atoms with E-state index in [1.54, 1.807) is 0 Å². The van der Waals surface area contributed by atoms with E-state index in [1.807, 2.05) is 48.5 Å². The molecule has 2 aromatic carbocycles. The Kier molecular flexibility index (Phi) is 6.45. The number of hydrogen-bond donors (Lipinski definition) is 0. The number of likely N-dealkylation sites (tertiary alicyclic amines) is 1. The number of esters is 1. The normalized spacial score (nSPS) is 17.0. The first kappa shape index (κ1) is 18.7. The number of rotatable bonds is 7. The van der Waals surface area contributed by atoms with Gasteiger partial charge in [-0.3, -0.25) is 4.79 Å². The van der Waals surface area contributed by atoms with Gasteiger partial charge in [-0.2, -0.15) is 0 Å². The summed E-state index contributed by atoms with van der Waals surface area (Å²) in [6.45, 7) is 5.32. The number of piperidine rings is 1. The van der Waals surface area contributed by atoms with Crippen LogP contribution in [0.15, 0.2) is 60.7 Å². The van der Waals surface area contributed by atoms with Gasteiger partial charge in [-0.15, -0.1) is 0 Å². The molecule has 1 heterocycles. The first-order valence-electron chi connectivity index (χ1n) is 9.75. The molecule has 1 aliphatic heterocycles. The van der Waals surface area contributed by atoms with E-state index in [2.05, 4.69) is 24.0 Å². The van der Waals surface area contributed by atoms with Gasteiger partial charge in [0.1, 0.15) is 5.60 Å². The lowest BCUT2D eigenvalue weighted by atomic mass is 9.84. The zero-order chi connectivity index (χ0) is 18.2. The molecule has 1 fully saturated rings. The molecule has 0 unspecified atom stereocenters. The maximum Gasteiger partial charge on any atom is 0.311 e. The molecule has 0 aliphatic carbocycles. The van der Waals surface area contributed by atoms with Crippen LogP contribution in [0.2, 0.25) is 0 Å². The molecule has 3 nitrogen and oxygen atoms in total. The third-order valence-corrected chi connectivity index (χ3v) is 5.29. The molecule has 138 valence electrons. The Morgan fingerprint density at radius 3 is 2.23 bits per heavy atom. The lowest BCUT2D eigenvalue weighted by Crippen LogP contribution is -2.45. The van der Waals surface area contributed by atoms with Crippen molar-refractivity contribution >= 4 is 5.97 Å². The highest BCUT2D eigenvalue weighted by Gasteiger charge is 2.39. The van der Waals surface area contributed by atoms with Crippen LogP contribution in [0.1, 0.15) is 43.7 Å². The SMILES string of the molecule is CCCCN1CCC(OC(=O)Cc2ccccc2)(c2ccccc2)CC1. The highest BCUT2D eigenvalue weighted by atomic mass is 16.6. The molecule has 0 bridgehead atoms. The zero-order valence-corrected chi connectivity index (χ0v) is 15.7. The van der Waals surface area contributed by atoms with Gasteiger partial charge in [-0.05, 0) is 24.1 Å². The van der Waals surface area contributed by atoms with E-state index in [9.17, 15) is 4.79 Å². The average Bonchev–Trinajstić information content (AvgIpc) is 2.69. The second-order valence-corrected chi connectivity index (χ2v) is 7.19. The molecule has 1 aliphatic rings. The Labute approximate surface area is 157 Å². The molecule has 0 radical (unpaired) electrons. The van der Waals surface area contributed by atoms with Crippen LogP contribution < -0.4 is 0 Å². The Morgan fingerprint density at radius 1 is 1.00 bits per heavy atom. The summed E-state index contributed by atoms with van der Waals surface area (Å²) < 4.78 is 6.16. The predicted molar refractivity (Wildman–Crippen MR) is 105 cm³/mol. The first-order valence-corrected chi connectivity index (χ1v) is 9.75. The lowest BCUT2D eigenvalue weighted by molar-refractivity contribution is -0.166. The molecule has 0 atom stereocenters. The third-order valence-electron chi connectivity index (χ3n) is 5.29. The fourth-order valence-corrected chi connectivity index (χ4v) is 3.73. The molecule has 0 saturated carbocycles. The molecule has 2 aromatic rings. The van der Waals surface area contributed by atoms with Crippen molar-refractivity contribution in [1.29, 1.82) is 0 Å². The van der Waals surface area contributed by atoms with Gasteiger partial charge in [0.2, 0.25) is 0 Å². The molecule has 0 amide bonds. The van der Waals surface area contributed by atoms with Crippen LogP contribution in [-0.4, -0.2) is 30.5 Å². The number of hydrogen-bond acceptors (Lipinski definition) is 3. The smallest absolute Gasteiger partial charge is 0.311 e. The molecule has 0 spiro atoms. The van der Waals surface area contributed by atoms with Crippen LogP contribution in [0.4, 0.5) is 0 Å². The summed E-state index contributed by atoms with van der Waals surface area (Å²) in [5, 5.41) is 0. The van der Waals surface area contributed by atoms with Crippen molar-refractivity contribution in [2.24, 2.45) is 0 Å². The van der Waals surface area contributed by atoms with Gasteiger partial charge in [-0.25, -0.2) is 0 Å². The van der Waals surface area contributed by atoms with Crippen LogP contribution in [0.25, 0.3) is 0 Å². The van der Waals surface area contributed by atoms with Gasteiger partial charge < -0.3 is 9.64 Å².